The second kappa shape index (κ2) is 14.8. The van der Waals surface area contributed by atoms with Gasteiger partial charge in [0.05, 0.1) is 5.69 Å². The maximum atomic E-state index is 6.28. The molecular weight excluding hydrogens is 751 g/mol. The van der Waals surface area contributed by atoms with Gasteiger partial charge in [0.15, 0.2) is 0 Å². The maximum Gasteiger partial charge on any atom is 0.136 e. The van der Waals surface area contributed by atoms with Gasteiger partial charge in [0, 0.05) is 27.7 Å². The molecule has 0 unspecified atom stereocenters. The summed E-state index contributed by atoms with van der Waals surface area (Å²) in [4.78, 5) is 2.41. The Morgan fingerprint density at radius 3 is 1.68 bits per heavy atom. The summed E-state index contributed by atoms with van der Waals surface area (Å²) in [6.07, 6.45) is 0. The second-order valence-corrected chi connectivity index (χ2v) is 16.1. The van der Waals surface area contributed by atoms with E-state index in [-0.39, 0.29) is 0 Å². The third kappa shape index (κ3) is 6.12. The Morgan fingerprint density at radius 1 is 0.274 bits per heavy atom. The van der Waals surface area contributed by atoms with Gasteiger partial charge in [-0.15, -0.1) is 0 Å². The van der Waals surface area contributed by atoms with Crippen LogP contribution in [0.25, 0.3) is 98.8 Å². The van der Waals surface area contributed by atoms with Gasteiger partial charge in [-0.3, -0.25) is 0 Å². The number of hydrogen-bond acceptors (Lipinski definition) is 2. The average Bonchev–Trinajstić information content (AvgIpc) is 3.73. The summed E-state index contributed by atoms with van der Waals surface area (Å²) < 4.78 is 6.28. The molecule has 0 atom stereocenters. The summed E-state index contributed by atoms with van der Waals surface area (Å²) in [5, 5.41) is 9.77. The maximum absolute atomic E-state index is 6.28. The van der Waals surface area contributed by atoms with E-state index in [0.29, 0.717) is 0 Å². The SMILES string of the molecule is c1cc(-c2ccc(-c3cccc4ccccc34)cc2)cc(N(c2ccc(-c3cccc4oc5ccccc5c34)cc2)c2ccccc2-c2ccc3ccc4ccccc4c3c2)c1. The number of hydrogen-bond donors (Lipinski definition) is 0. The Hall–Kier alpha value is -8.20. The van der Waals surface area contributed by atoms with E-state index in [4.69, 9.17) is 4.42 Å². The number of benzene rings is 11. The van der Waals surface area contributed by atoms with E-state index in [1.807, 2.05) is 12.1 Å². The summed E-state index contributed by atoms with van der Waals surface area (Å²) >= 11 is 0. The van der Waals surface area contributed by atoms with Crippen LogP contribution in [0, 0.1) is 0 Å². The zero-order chi connectivity index (χ0) is 41.0. The number of rotatable bonds is 7. The molecule has 0 N–H and O–H groups in total. The lowest BCUT2D eigenvalue weighted by Gasteiger charge is -2.28. The summed E-state index contributed by atoms with van der Waals surface area (Å²) in [5.74, 6) is 0. The highest BCUT2D eigenvalue weighted by Gasteiger charge is 2.20. The molecule has 0 radical (unpaired) electrons. The number of nitrogens with zero attached hydrogens (tertiary/aromatic N) is 1. The lowest BCUT2D eigenvalue weighted by atomic mass is 9.95. The number of anilines is 3. The fraction of sp³-hybridized carbons (Fsp3) is 0. The molecule has 2 heteroatoms. The minimum Gasteiger partial charge on any atom is -0.456 e. The average molecular weight is 790 g/mol. The standard InChI is InChI=1S/C60H39NO/c1-3-17-50-41(12-1)14-10-21-51(50)43-28-26-40(27-29-43)46-15-9-16-49(38-46)61(48-36-34-44(35-37-48)54-22-11-25-59-60(54)55-20-6-8-24-58(55)62-59)57-23-7-5-19-53(57)47-33-32-45-31-30-42-13-2-4-18-52(42)56(45)39-47/h1-39H. The molecule has 0 bridgehead atoms. The van der Waals surface area contributed by atoms with Crippen LogP contribution < -0.4 is 4.90 Å². The monoisotopic (exact) mass is 789 g/mol. The van der Waals surface area contributed by atoms with Crippen LogP contribution in [0.2, 0.25) is 0 Å². The molecular formula is C60H39NO. The molecule has 11 aromatic carbocycles. The van der Waals surface area contributed by atoms with E-state index in [0.717, 1.165) is 61.3 Å². The van der Waals surface area contributed by atoms with Gasteiger partial charge >= 0.3 is 0 Å². The van der Waals surface area contributed by atoms with Crippen LogP contribution in [0.5, 0.6) is 0 Å². The Bertz CT molecular complexity index is 3630. The van der Waals surface area contributed by atoms with Crippen molar-refractivity contribution in [3.8, 4) is 44.5 Å². The van der Waals surface area contributed by atoms with Crippen molar-refractivity contribution >= 4 is 71.3 Å². The van der Waals surface area contributed by atoms with E-state index < -0.39 is 0 Å². The van der Waals surface area contributed by atoms with Crippen LogP contribution >= 0.6 is 0 Å². The van der Waals surface area contributed by atoms with E-state index >= 15 is 0 Å². The first-order valence-electron chi connectivity index (χ1n) is 21.2. The highest BCUT2D eigenvalue weighted by Crippen LogP contribution is 2.44. The van der Waals surface area contributed by atoms with Crippen molar-refractivity contribution < 1.29 is 4.42 Å². The molecule has 0 amide bonds. The zero-order valence-corrected chi connectivity index (χ0v) is 33.9. The molecule has 0 saturated carbocycles. The highest BCUT2D eigenvalue weighted by atomic mass is 16.3. The molecule has 290 valence electrons. The predicted molar refractivity (Wildman–Crippen MR) is 263 cm³/mol. The van der Waals surface area contributed by atoms with Crippen molar-refractivity contribution in [3.05, 3.63) is 237 Å². The number of furan rings is 1. The van der Waals surface area contributed by atoms with Crippen LogP contribution in [0.4, 0.5) is 17.1 Å². The van der Waals surface area contributed by atoms with Crippen LogP contribution in [-0.4, -0.2) is 0 Å². The van der Waals surface area contributed by atoms with Crippen LogP contribution in [0.15, 0.2) is 241 Å². The first-order chi connectivity index (χ1) is 30.7. The summed E-state index contributed by atoms with van der Waals surface area (Å²) in [7, 11) is 0. The summed E-state index contributed by atoms with van der Waals surface area (Å²) in [5.41, 5.74) is 14.4. The molecule has 62 heavy (non-hydrogen) atoms. The van der Waals surface area contributed by atoms with E-state index in [2.05, 4.69) is 229 Å². The predicted octanol–water partition coefficient (Wildman–Crippen LogP) is 17.2. The Kier molecular flexibility index (Phi) is 8.53. The van der Waals surface area contributed by atoms with Gasteiger partial charge in [0.2, 0.25) is 0 Å². The number of fused-ring (bicyclic) bond motifs is 7. The lowest BCUT2D eigenvalue weighted by Crippen LogP contribution is -2.11. The number of para-hydroxylation sites is 2. The Morgan fingerprint density at radius 2 is 0.823 bits per heavy atom. The van der Waals surface area contributed by atoms with E-state index in [1.165, 1.54) is 54.6 Å². The van der Waals surface area contributed by atoms with Crippen molar-refractivity contribution in [2.24, 2.45) is 0 Å². The van der Waals surface area contributed by atoms with Gasteiger partial charge < -0.3 is 9.32 Å². The lowest BCUT2D eigenvalue weighted by molar-refractivity contribution is 0.669. The molecule has 1 heterocycles. The van der Waals surface area contributed by atoms with Crippen molar-refractivity contribution in [3.63, 3.8) is 0 Å². The van der Waals surface area contributed by atoms with Crippen molar-refractivity contribution in [2.75, 3.05) is 4.90 Å². The van der Waals surface area contributed by atoms with Gasteiger partial charge in [-0.05, 0) is 120 Å². The third-order valence-electron chi connectivity index (χ3n) is 12.5. The highest BCUT2D eigenvalue weighted by molar-refractivity contribution is 6.13. The second-order valence-electron chi connectivity index (χ2n) is 16.1. The molecule has 0 aliphatic carbocycles. The van der Waals surface area contributed by atoms with E-state index in [9.17, 15) is 0 Å². The summed E-state index contributed by atoms with van der Waals surface area (Å²) in [6, 6.07) is 85.6. The molecule has 12 aromatic rings. The van der Waals surface area contributed by atoms with Crippen LogP contribution in [0.3, 0.4) is 0 Å². The molecule has 2 nitrogen and oxygen atoms in total. The normalized spacial score (nSPS) is 11.5. The smallest absolute Gasteiger partial charge is 0.136 e. The fourth-order valence-corrected chi connectivity index (χ4v) is 9.46. The Labute approximate surface area is 360 Å². The minimum atomic E-state index is 0.897. The molecule has 12 rings (SSSR count). The van der Waals surface area contributed by atoms with Gasteiger partial charge in [-0.25, -0.2) is 0 Å². The van der Waals surface area contributed by atoms with Gasteiger partial charge in [-0.2, -0.15) is 0 Å². The largest absolute Gasteiger partial charge is 0.456 e. The van der Waals surface area contributed by atoms with Gasteiger partial charge in [0.1, 0.15) is 11.2 Å². The molecule has 0 saturated heterocycles. The zero-order valence-electron chi connectivity index (χ0n) is 33.9. The van der Waals surface area contributed by atoms with Gasteiger partial charge in [-0.1, -0.05) is 188 Å². The topological polar surface area (TPSA) is 16.4 Å². The minimum absolute atomic E-state index is 0.897. The van der Waals surface area contributed by atoms with Crippen molar-refractivity contribution in [1.82, 2.24) is 0 Å². The summed E-state index contributed by atoms with van der Waals surface area (Å²) in [6.45, 7) is 0. The van der Waals surface area contributed by atoms with Gasteiger partial charge in [0.25, 0.3) is 0 Å². The first-order valence-corrected chi connectivity index (χ1v) is 21.2. The first kappa shape index (κ1) is 35.7. The molecule has 0 aliphatic heterocycles. The van der Waals surface area contributed by atoms with Crippen molar-refractivity contribution in [2.45, 2.75) is 0 Å². The third-order valence-corrected chi connectivity index (χ3v) is 12.5. The quantitative estimate of drug-likeness (QED) is 0.150. The van der Waals surface area contributed by atoms with Crippen LogP contribution in [0.1, 0.15) is 0 Å². The fourth-order valence-electron chi connectivity index (χ4n) is 9.46. The van der Waals surface area contributed by atoms with Crippen LogP contribution in [-0.2, 0) is 0 Å². The molecule has 0 aliphatic rings. The Balaban J connectivity index is 0.994. The molecule has 0 fully saturated rings. The van der Waals surface area contributed by atoms with E-state index in [1.54, 1.807) is 0 Å². The molecule has 1 aromatic heterocycles. The molecule has 0 spiro atoms. The van der Waals surface area contributed by atoms with Crippen molar-refractivity contribution in [1.29, 1.82) is 0 Å².